The second-order valence-electron chi connectivity index (χ2n) is 5.57. The molecule has 20 heavy (non-hydrogen) atoms. The average molecular weight is 284 g/mol. The fraction of sp³-hybridized carbons (Fsp3) is 0.867. The largest absolute Gasteiger partial charge is 0.481 e. The summed E-state index contributed by atoms with van der Waals surface area (Å²) in [6.45, 7) is 5.47. The van der Waals surface area contributed by atoms with Crippen LogP contribution in [-0.4, -0.2) is 59.5 Å². The van der Waals surface area contributed by atoms with Crippen LogP contribution < -0.4 is 0 Å². The first kappa shape index (κ1) is 17.0. The highest BCUT2D eigenvalue weighted by Crippen LogP contribution is 2.10. The quantitative estimate of drug-likeness (QED) is 0.740. The molecule has 0 saturated carbocycles. The number of amides is 1. The Morgan fingerprint density at radius 3 is 2.30 bits per heavy atom. The second kappa shape index (κ2) is 9.75. The normalized spacial score (nSPS) is 16.2. The van der Waals surface area contributed by atoms with Gasteiger partial charge in [-0.3, -0.25) is 14.5 Å². The maximum atomic E-state index is 12.3. The Morgan fingerprint density at radius 2 is 1.75 bits per heavy atom. The van der Waals surface area contributed by atoms with Gasteiger partial charge in [-0.2, -0.15) is 0 Å². The Balaban J connectivity index is 2.43. The van der Waals surface area contributed by atoms with Crippen LogP contribution >= 0.6 is 0 Å². The molecule has 0 atom stereocenters. The molecule has 5 nitrogen and oxygen atoms in total. The van der Waals surface area contributed by atoms with Crippen LogP contribution in [0.4, 0.5) is 0 Å². The highest BCUT2D eigenvalue weighted by atomic mass is 16.4. The van der Waals surface area contributed by atoms with E-state index in [0.717, 1.165) is 45.3 Å². The fourth-order valence-corrected chi connectivity index (χ4v) is 2.52. The molecule has 0 aromatic heterocycles. The van der Waals surface area contributed by atoms with Crippen molar-refractivity contribution in [2.75, 3.05) is 32.7 Å². The summed E-state index contributed by atoms with van der Waals surface area (Å²) in [5.74, 6) is -0.637. The number of carbonyl (C=O) groups excluding carboxylic acids is 1. The summed E-state index contributed by atoms with van der Waals surface area (Å²) in [5.41, 5.74) is 0. The summed E-state index contributed by atoms with van der Waals surface area (Å²) >= 11 is 0. The van der Waals surface area contributed by atoms with Crippen molar-refractivity contribution < 1.29 is 14.7 Å². The van der Waals surface area contributed by atoms with Crippen LogP contribution in [0.5, 0.6) is 0 Å². The van der Waals surface area contributed by atoms with Crippen molar-refractivity contribution in [1.29, 1.82) is 0 Å². The minimum Gasteiger partial charge on any atom is -0.481 e. The number of hydrogen-bond acceptors (Lipinski definition) is 3. The third-order valence-corrected chi connectivity index (χ3v) is 3.79. The zero-order valence-electron chi connectivity index (χ0n) is 12.6. The third-order valence-electron chi connectivity index (χ3n) is 3.79. The maximum absolute atomic E-state index is 12.3. The van der Waals surface area contributed by atoms with Gasteiger partial charge in [0.1, 0.15) is 0 Å². The van der Waals surface area contributed by atoms with E-state index in [1.807, 2.05) is 9.80 Å². The molecule has 1 aliphatic rings. The van der Waals surface area contributed by atoms with Crippen molar-refractivity contribution in [3.8, 4) is 0 Å². The van der Waals surface area contributed by atoms with Crippen LogP contribution in [0.2, 0.25) is 0 Å². The molecule has 1 saturated heterocycles. The van der Waals surface area contributed by atoms with E-state index in [9.17, 15) is 9.59 Å². The minimum atomic E-state index is -0.797. The summed E-state index contributed by atoms with van der Waals surface area (Å²) < 4.78 is 0. The first-order valence-corrected chi connectivity index (χ1v) is 7.85. The lowest BCUT2D eigenvalue weighted by Gasteiger charge is -2.26. The van der Waals surface area contributed by atoms with Gasteiger partial charge >= 0.3 is 5.97 Å². The summed E-state index contributed by atoms with van der Waals surface area (Å²) in [4.78, 5) is 26.9. The molecular formula is C15H28N2O3. The van der Waals surface area contributed by atoms with E-state index < -0.39 is 5.97 Å². The molecule has 0 radical (unpaired) electrons. The third kappa shape index (κ3) is 6.89. The Morgan fingerprint density at radius 1 is 1.10 bits per heavy atom. The average Bonchev–Trinajstić information content (AvgIpc) is 2.70. The lowest BCUT2D eigenvalue weighted by atomic mass is 10.2. The minimum absolute atomic E-state index is 0.108. The molecule has 0 spiro atoms. The summed E-state index contributed by atoms with van der Waals surface area (Å²) in [5, 5.41) is 8.79. The molecule has 0 aliphatic carbocycles. The van der Waals surface area contributed by atoms with E-state index in [1.54, 1.807) is 0 Å². The molecule has 5 heteroatoms. The van der Waals surface area contributed by atoms with Crippen LogP contribution in [0.3, 0.4) is 0 Å². The van der Waals surface area contributed by atoms with Gasteiger partial charge in [-0.15, -0.1) is 0 Å². The molecule has 1 N–H and O–H groups in total. The van der Waals surface area contributed by atoms with Crippen molar-refractivity contribution in [3.63, 3.8) is 0 Å². The number of carboxylic acids is 1. The van der Waals surface area contributed by atoms with Gasteiger partial charge in [0, 0.05) is 19.6 Å². The number of carboxylic acid groups (broad SMARTS) is 1. The Bertz CT molecular complexity index is 299. The number of carbonyl (C=O) groups is 2. The Labute approximate surface area is 121 Å². The lowest BCUT2D eigenvalue weighted by molar-refractivity contribution is -0.138. The van der Waals surface area contributed by atoms with Crippen LogP contribution in [0.25, 0.3) is 0 Å². The summed E-state index contributed by atoms with van der Waals surface area (Å²) in [6.07, 6.45) is 6.78. The van der Waals surface area contributed by atoms with Crippen molar-refractivity contribution >= 4 is 11.9 Å². The smallest absolute Gasteiger partial charge is 0.304 e. The predicted molar refractivity (Wildman–Crippen MR) is 78.6 cm³/mol. The van der Waals surface area contributed by atoms with Crippen molar-refractivity contribution in [1.82, 2.24) is 9.80 Å². The summed E-state index contributed by atoms with van der Waals surface area (Å²) in [6, 6.07) is 0. The Hall–Kier alpha value is -1.10. The molecule has 0 unspecified atom stereocenters. The van der Waals surface area contributed by atoms with E-state index in [4.69, 9.17) is 5.11 Å². The number of rotatable bonds is 8. The zero-order chi connectivity index (χ0) is 14.8. The van der Waals surface area contributed by atoms with Gasteiger partial charge in [-0.1, -0.05) is 26.2 Å². The Kier molecular flexibility index (Phi) is 8.26. The van der Waals surface area contributed by atoms with Crippen molar-refractivity contribution in [2.45, 2.75) is 51.9 Å². The number of likely N-dealkylation sites (tertiary alicyclic amines) is 1. The number of unbranched alkanes of at least 4 members (excludes halogenated alkanes) is 1. The molecule has 0 aromatic carbocycles. The molecule has 0 bridgehead atoms. The van der Waals surface area contributed by atoms with E-state index in [1.165, 1.54) is 12.8 Å². The van der Waals surface area contributed by atoms with Crippen LogP contribution in [0.15, 0.2) is 0 Å². The van der Waals surface area contributed by atoms with E-state index in [-0.39, 0.29) is 12.3 Å². The molecule has 0 aromatic rings. The van der Waals surface area contributed by atoms with E-state index in [2.05, 4.69) is 6.92 Å². The van der Waals surface area contributed by atoms with Gasteiger partial charge in [0.05, 0.1) is 13.0 Å². The van der Waals surface area contributed by atoms with Crippen LogP contribution in [0.1, 0.15) is 51.9 Å². The molecule has 116 valence electrons. The van der Waals surface area contributed by atoms with Gasteiger partial charge in [0.25, 0.3) is 0 Å². The first-order valence-electron chi connectivity index (χ1n) is 7.85. The van der Waals surface area contributed by atoms with Gasteiger partial charge in [0.2, 0.25) is 5.91 Å². The van der Waals surface area contributed by atoms with Gasteiger partial charge in [0.15, 0.2) is 0 Å². The monoisotopic (exact) mass is 284 g/mol. The predicted octanol–water partition coefficient (Wildman–Crippen LogP) is 1.97. The van der Waals surface area contributed by atoms with Crippen molar-refractivity contribution in [2.24, 2.45) is 0 Å². The van der Waals surface area contributed by atoms with Gasteiger partial charge in [-0.25, -0.2) is 0 Å². The van der Waals surface area contributed by atoms with E-state index >= 15 is 0 Å². The highest BCUT2D eigenvalue weighted by molar-refractivity contribution is 5.78. The molecular weight excluding hydrogens is 256 g/mol. The fourth-order valence-electron chi connectivity index (χ4n) is 2.52. The molecule has 1 aliphatic heterocycles. The topological polar surface area (TPSA) is 60.9 Å². The lowest BCUT2D eigenvalue weighted by Crippen LogP contribution is -2.41. The zero-order valence-corrected chi connectivity index (χ0v) is 12.6. The molecule has 1 rings (SSSR count). The van der Waals surface area contributed by atoms with Gasteiger partial charge in [-0.05, 0) is 25.8 Å². The summed E-state index contributed by atoms with van der Waals surface area (Å²) in [7, 11) is 0. The number of nitrogens with zero attached hydrogens (tertiary/aromatic N) is 2. The SMILES string of the molecule is CCCCN(CCC(=O)O)CC(=O)N1CCCCCC1. The van der Waals surface area contributed by atoms with Crippen LogP contribution in [-0.2, 0) is 9.59 Å². The molecule has 1 heterocycles. The van der Waals surface area contributed by atoms with Crippen molar-refractivity contribution in [3.05, 3.63) is 0 Å². The second-order valence-corrected chi connectivity index (χ2v) is 5.57. The first-order chi connectivity index (χ1) is 9.63. The molecule has 1 fully saturated rings. The van der Waals surface area contributed by atoms with Gasteiger partial charge < -0.3 is 10.0 Å². The maximum Gasteiger partial charge on any atom is 0.304 e. The standard InChI is InChI=1S/C15H28N2O3/c1-2-3-9-16(12-8-15(19)20)13-14(18)17-10-6-4-5-7-11-17/h2-13H2,1H3,(H,19,20). The van der Waals surface area contributed by atoms with Crippen LogP contribution in [0, 0.1) is 0 Å². The number of aliphatic carboxylic acids is 1. The highest BCUT2D eigenvalue weighted by Gasteiger charge is 2.18. The molecule has 1 amide bonds. The van der Waals surface area contributed by atoms with E-state index in [0.29, 0.717) is 13.1 Å². The number of hydrogen-bond donors (Lipinski definition) is 1.